The summed E-state index contributed by atoms with van der Waals surface area (Å²) in [5.74, 6) is 0.347. The molecule has 0 N–H and O–H groups in total. The van der Waals surface area contributed by atoms with E-state index in [2.05, 4.69) is 6.07 Å². The number of rotatable bonds is 3. The van der Waals surface area contributed by atoms with Crippen molar-refractivity contribution in [3.05, 3.63) is 53.6 Å². The third kappa shape index (κ3) is 2.73. The first-order chi connectivity index (χ1) is 12.6. The molecule has 4 rings (SSSR count). The monoisotopic (exact) mass is 350 g/mol. The van der Waals surface area contributed by atoms with E-state index in [1.165, 1.54) is 5.56 Å². The summed E-state index contributed by atoms with van der Waals surface area (Å²) in [6, 6.07) is 13.8. The first-order valence-electron chi connectivity index (χ1n) is 8.93. The van der Waals surface area contributed by atoms with Gasteiger partial charge in [0.2, 0.25) is 11.8 Å². The molecular formula is C21H22N2O3. The van der Waals surface area contributed by atoms with Gasteiger partial charge in [-0.15, -0.1) is 0 Å². The topological polar surface area (TPSA) is 49.9 Å². The fourth-order valence-electron chi connectivity index (χ4n) is 3.90. The van der Waals surface area contributed by atoms with Crippen molar-refractivity contribution in [1.29, 1.82) is 0 Å². The second-order valence-electron chi connectivity index (χ2n) is 6.95. The van der Waals surface area contributed by atoms with Crippen LogP contribution in [0.5, 0.6) is 5.75 Å². The molecular weight excluding hydrogens is 328 g/mol. The molecule has 0 saturated carbocycles. The van der Waals surface area contributed by atoms with Gasteiger partial charge in [-0.05, 0) is 42.7 Å². The number of para-hydroxylation sites is 1. The average Bonchev–Trinajstić information content (AvgIpc) is 3.25. The fraction of sp³-hybridized carbons (Fsp3) is 0.333. The number of hydrogen-bond acceptors (Lipinski definition) is 3. The minimum atomic E-state index is -0.320. The van der Waals surface area contributed by atoms with Gasteiger partial charge in [0.25, 0.3) is 0 Å². The predicted octanol–water partition coefficient (Wildman–Crippen LogP) is 2.95. The van der Waals surface area contributed by atoms with Crippen molar-refractivity contribution < 1.29 is 14.3 Å². The lowest BCUT2D eigenvalue weighted by atomic mass is 10.1. The molecule has 5 heteroatoms. The van der Waals surface area contributed by atoms with E-state index in [1.807, 2.05) is 48.2 Å². The number of fused-ring (bicyclic) bond motifs is 1. The van der Waals surface area contributed by atoms with Gasteiger partial charge in [0.15, 0.2) is 0 Å². The Morgan fingerprint density at radius 3 is 2.77 bits per heavy atom. The third-order valence-corrected chi connectivity index (χ3v) is 5.25. The lowest BCUT2D eigenvalue weighted by Crippen LogP contribution is -2.36. The molecule has 2 aliphatic rings. The molecule has 0 bridgehead atoms. The lowest BCUT2D eigenvalue weighted by molar-refractivity contribution is -0.124. The maximum atomic E-state index is 13.1. The van der Waals surface area contributed by atoms with E-state index in [0.29, 0.717) is 18.8 Å². The van der Waals surface area contributed by atoms with E-state index in [-0.39, 0.29) is 24.2 Å². The molecule has 2 aromatic carbocycles. The average molecular weight is 350 g/mol. The van der Waals surface area contributed by atoms with E-state index in [1.54, 1.807) is 12.0 Å². The highest BCUT2D eigenvalue weighted by Crippen LogP contribution is 2.36. The Morgan fingerprint density at radius 1 is 1.15 bits per heavy atom. The van der Waals surface area contributed by atoms with E-state index in [0.717, 1.165) is 23.4 Å². The SMILES string of the molecule is COc1ccc(C)cc1N1CC(C(=O)N2CCc3ccccc32)CC1=O. The molecule has 5 nitrogen and oxygen atoms in total. The number of ether oxygens (including phenoxy) is 1. The van der Waals surface area contributed by atoms with Crippen LogP contribution < -0.4 is 14.5 Å². The van der Waals surface area contributed by atoms with Gasteiger partial charge in [-0.2, -0.15) is 0 Å². The van der Waals surface area contributed by atoms with Gasteiger partial charge in [-0.1, -0.05) is 24.3 Å². The predicted molar refractivity (Wildman–Crippen MR) is 101 cm³/mol. The molecule has 0 aliphatic carbocycles. The largest absolute Gasteiger partial charge is 0.495 e. The molecule has 0 radical (unpaired) electrons. The van der Waals surface area contributed by atoms with Gasteiger partial charge in [-0.25, -0.2) is 0 Å². The standard InChI is InChI=1S/C21H22N2O3/c1-14-7-8-19(26-2)18(11-14)23-13-16(12-20(23)24)21(25)22-10-9-15-5-3-4-6-17(15)22/h3-8,11,16H,9-10,12-13H2,1-2H3. The van der Waals surface area contributed by atoms with Crippen LogP contribution >= 0.6 is 0 Å². The van der Waals surface area contributed by atoms with Crippen molar-refractivity contribution >= 4 is 23.2 Å². The number of methoxy groups -OCH3 is 1. The number of hydrogen-bond donors (Lipinski definition) is 0. The van der Waals surface area contributed by atoms with Gasteiger partial charge in [0.05, 0.1) is 18.7 Å². The summed E-state index contributed by atoms with van der Waals surface area (Å²) in [5, 5.41) is 0. The maximum Gasteiger partial charge on any atom is 0.232 e. The van der Waals surface area contributed by atoms with E-state index in [9.17, 15) is 9.59 Å². The Bertz CT molecular complexity index is 877. The minimum absolute atomic E-state index is 0.0280. The molecule has 0 aromatic heterocycles. The van der Waals surface area contributed by atoms with Gasteiger partial charge < -0.3 is 14.5 Å². The Balaban J connectivity index is 1.57. The van der Waals surface area contributed by atoms with E-state index >= 15 is 0 Å². The molecule has 26 heavy (non-hydrogen) atoms. The Morgan fingerprint density at radius 2 is 1.96 bits per heavy atom. The highest BCUT2D eigenvalue weighted by atomic mass is 16.5. The van der Waals surface area contributed by atoms with Crippen LogP contribution in [0.25, 0.3) is 0 Å². The molecule has 2 amide bonds. The zero-order valence-electron chi connectivity index (χ0n) is 15.1. The van der Waals surface area contributed by atoms with Crippen molar-refractivity contribution in [2.24, 2.45) is 5.92 Å². The summed E-state index contributed by atoms with van der Waals surface area (Å²) >= 11 is 0. The summed E-state index contributed by atoms with van der Waals surface area (Å²) in [6.45, 7) is 3.07. The van der Waals surface area contributed by atoms with Crippen LogP contribution in [0, 0.1) is 12.8 Å². The number of carbonyl (C=O) groups is 2. The number of aryl methyl sites for hydroxylation is 1. The Labute approximate surface area is 153 Å². The highest BCUT2D eigenvalue weighted by molar-refractivity contribution is 6.05. The van der Waals surface area contributed by atoms with Crippen molar-refractivity contribution in [2.45, 2.75) is 19.8 Å². The molecule has 0 spiro atoms. The normalized spacial score (nSPS) is 19.0. The third-order valence-electron chi connectivity index (χ3n) is 5.25. The van der Waals surface area contributed by atoms with Crippen LogP contribution in [0.4, 0.5) is 11.4 Å². The second kappa shape index (κ2) is 6.48. The Kier molecular flexibility index (Phi) is 4.15. The summed E-state index contributed by atoms with van der Waals surface area (Å²) in [4.78, 5) is 29.2. The first-order valence-corrected chi connectivity index (χ1v) is 8.93. The van der Waals surface area contributed by atoms with Crippen molar-refractivity contribution in [3.8, 4) is 5.75 Å². The second-order valence-corrected chi connectivity index (χ2v) is 6.95. The van der Waals surface area contributed by atoms with Crippen molar-refractivity contribution in [1.82, 2.24) is 0 Å². The summed E-state index contributed by atoms with van der Waals surface area (Å²) in [5.41, 5.74) is 3.98. The lowest BCUT2D eigenvalue weighted by Gasteiger charge is -2.22. The smallest absolute Gasteiger partial charge is 0.232 e. The zero-order chi connectivity index (χ0) is 18.3. The van der Waals surface area contributed by atoms with Gasteiger partial charge in [-0.3, -0.25) is 9.59 Å². The van der Waals surface area contributed by atoms with Gasteiger partial charge in [0.1, 0.15) is 5.75 Å². The highest BCUT2D eigenvalue weighted by Gasteiger charge is 2.39. The maximum absolute atomic E-state index is 13.1. The van der Waals surface area contributed by atoms with E-state index in [4.69, 9.17) is 4.74 Å². The molecule has 1 unspecified atom stereocenters. The van der Waals surface area contributed by atoms with Crippen LogP contribution in [0.15, 0.2) is 42.5 Å². The van der Waals surface area contributed by atoms with Crippen LogP contribution in [0.1, 0.15) is 17.5 Å². The molecule has 1 atom stereocenters. The van der Waals surface area contributed by atoms with Crippen LogP contribution in [-0.4, -0.2) is 32.0 Å². The van der Waals surface area contributed by atoms with Crippen LogP contribution in [0.3, 0.4) is 0 Å². The molecule has 1 saturated heterocycles. The molecule has 2 heterocycles. The summed E-state index contributed by atoms with van der Waals surface area (Å²) in [6.07, 6.45) is 1.12. The molecule has 134 valence electrons. The number of nitrogens with zero attached hydrogens (tertiary/aromatic N) is 2. The number of benzene rings is 2. The Hall–Kier alpha value is -2.82. The number of anilines is 2. The zero-order valence-corrected chi connectivity index (χ0v) is 15.1. The van der Waals surface area contributed by atoms with Crippen LogP contribution in [0.2, 0.25) is 0 Å². The minimum Gasteiger partial charge on any atom is -0.495 e. The summed E-state index contributed by atoms with van der Waals surface area (Å²) < 4.78 is 5.41. The summed E-state index contributed by atoms with van der Waals surface area (Å²) in [7, 11) is 1.60. The quantitative estimate of drug-likeness (QED) is 0.855. The van der Waals surface area contributed by atoms with Crippen molar-refractivity contribution in [3.63, 3.8) is 0 Å². The van der Waals surface area contributed by atoms with Crippen molar-refractivity contribution in [2.75, 3.05) is 30.0 Å². The van der Waals surface area contributed by atoms with Gasteiger partial charge in [0, 0.05) is 25.2 Å². The number of amides is 2. The molecule has 1 fully saturated rings. The number of carbonyl (C=O) groups excluding carboxylic acids is 2. The first kappa shape index (κ1) is 16.6. The fourth-order valence-corrected chi connectivity index (χ4v) is 3.90. The molecule has 2 aromatic rings. The van der Waals surface area contributed by atoms with Gasteiger partial charge >= 0.3 is 0 Å². The molecule has 2 aliphatic heterocycles. The van der Waals surface area contributed by atoms with Crippen LogP contribution in [-0.2, 0) is 16.0 Å². The van der Waals surface area contributed by atoms with E-state index < -0.39 is 0 Å².